The lowest BCUT2D eigenvalue weighted by Gasteiger charge is -2.31. The summed E-state index contributed by atoms with van der Waals surface area (Å²) in [6.07, 6.45) is 0.846. The van der Waals surface area contributed by atoms with E-state index in [1.807, 2.05) is 6.92 Å². The Kier molecular flexibility index (Phi) is 6.77. The Hall–Kier alpha value is -1.93. The van der Waals surface area contributed by atoms with E-state index in [9.17, 15) is 18.0 Å². The Bertz CT molecular complexity index is 737. The number of benzene rings is 1. The lowest BCUT2D eigenvalue weighted by Crippen LogP contribution is -2.46. The number of aryl methyl sites for hydroxylation is 1. The summed E-state index contributed by atoms with van der Waals surface area (Å²) in [6.45, 7) is 6.00. The second-order valence-corrected chi connectivity index (χ2v) is 8.41. The molecule has 8 heteroatoms. The van der Waals surface area contributed by atoms with Crippen molar-refractivity contribution in [3.8, 4) is 0 Å². The Morgan fingerprint density at radius 2 is 1.81 bits per heavy atom. The Morgan fingerprint density at radius 1 is 1.23 bits per heavy atom. The molecule has 144 valence electrons. The molecule has 26 heavy (non-hydrogen) atoms. The van der Waals surface area contributed by atoms with Gasteiger partial charge in [-0.25, -0.2) is 13.2 Å². The number of carbonyl (C=O) groups is 2. The largest absolute Gasteiger partial charge is 0.464 e. The normalized spacial score (nSPS) is 17.5. The summed E-state index contributed by atoms with van der Waals surface area (Å²) in [5.74, 6) is -1.02. The van der Waals surface area contributed by atoms with Crippen molar-refractivity contribution in [2.75, 3.05) is 19.7 Å². The molecule has 1 aliphatic heterocycles. The van der Waals surface area contributed by atoms with Crippen LogP contribution in [0.15, 0.2) is 29.2 Å². The summed E-state index contributed by atoms with van der Waals surface area (Å²) in [7, 11) is -3.54. The Balaban J connectivity index is 1.93. The van der Waals surface area contributed by atoms with Gasteiger partial charge >= 0.3 is 5.97 Å². The molecule has 0 aromatic heterocycles. The van der Waals surface area contributed by atoms with Crippen LogP contribution < -0.4 is 5.32 Å². The van der Waals surface area contributed by atoms with Crippen molar-refractivity contribution in [1.82, 2.24) is 9.62 Å². The summed E-state index contributed by atoms with van der Waals surface area (Å²) < 4.78 is 31.6. The second kappa shape index (κ2) is 8.64. The highest BCUT2D eigenvalue weighted by molar-refractivity contribution is 7.89. The number of hydrogen-bond donors (Lipinski definition) is 1. The zero-order valence-corrected chi connectivity index (χ0v) is 16.2. The van der Waals surface area contributed by atoms with E-state index < -0.39 is 22.0 Å². The fourth-order valence-electron chi connectivity index (χ4n) is 2.88. The smallest absolute Gasteiger partial charge is 0.328 e. The van der Waals surface area contributed by atoms with Gasteiger partial charge in [0.15, 0.2) is 0 Å². The van der Waals surface area contributed by atoms with Crippen molar-refractivity contribution < 1.29 is 22.7 Å². The third kappa shape index (κ3) is 4.82. The van der Waals surface area contributed by atoms with Gasteiger partial charge in [0.05, 0.1) is 11.5 Å². The van der Waals surface area contributed by atoms with Gasteiger partial charge in [0.1, 0.15) is 6.04 Å². The molecule has 1 amide bonds. The minimum atomic E-state index is -3.54. The molecule has 1 heterocycles. The molecule has 1 aromatic carbocycles. The number of ether oxygens (including phenoxy) is 1. The van der Waals surface area contributed by atoms with Crippen LogP contribution in [0.1, 0.15) is 32.3 Å². The first-order valence-corrected chi connectivity index (χ1v) is 10.2. The average molecular weight is 382 g/mol. The zero-order chi connectivity index (χ0) is 19.3. The van der Waals surface area contributed by atoms with E-state index in [4.69, 9.17) is 4.74 Å². The highest BCUT2D eigenvalue weighted by Crippen LogP contribution is 2.24. The summed E-state index contributed by atoms with van der Waals surface area (Å²) in [5, 5.41) is 2.64. The molecule has 1 N–H and O–H groups in total. The fourth-order valence-corrected chi connectivity index (χ4v) is 4.34. The molecule has 1 saturated heterocycles. The van der Waals surface area contributed by atoms with Crippen LogP contribution in [-0.2, 0) is 24.3 Å². The summed E-state index contributed by atoms with van der Waals surface area (Å²) in [6, 6.07) is 6.03. The maximum atomic E-state index is 12.7. The third-order valence-corrected chi connectivity index (χ3v) is 6.40. The van der Waals surface area contributed by atoms with Gasteiger partial charge < -0.3 is 10.1 Å². The first-order chi connectivity index (χ1) is 12.3. The van der Waals surface area contributed by atoms with Gasteiger partial charge in [0, 0.05) is 19.0 Å². The highest BCUT2D eigenvalue weighted by Gasteiger charge is 2.33. The number of sulfonamides is 1. The summed E-state index contributed by atoms with van der Waals surface area (Å²) in [4.78, 5) is 24.2. The van der Waals surface area contributed by atoms with E-state index >= 15 is 0 Å². The number of carbonyl (C=O) groups excluding carboxylic acids is 2. The van der Waals surface area contributed by atoms with Gasteiger partial charge in [-0.2, -0.15) is 4.31 Å². The highest BCUT2D eigenvalue weighted by atomic mass is 32.2. The van der Waals surface area contributed by atoms with E-state index in [0.717, 1.165) is 5.56 Å². The molecule has 0 saturated carbocycles. The molecule has 1 atom stereocenters. The van der Waals surface area contributed by atoms with E-state index in [1.54, 1.807) is 38.1 Å². The molecule has 7 nitrogen and oxygen atoms in total. The molecule has 0 spiro atoms. The van der Waals surface area contributed by atoms with E-state index in [0.29, 0.717) is 12.8 Å². The minimum absolute atomic E-state index is 0.238. The standard InChI is InChI=1S/C18H26N2O5S/c1-4-25-18(22)14(3)19-17(21)15-9-11-20(12-10-15)26(23,24)16-7-5-13(2)6-8-16/h5-8,14-15H,4,9-12H2,1-3H3,(H,19,21)/t14-/m0/s1. The molecule has 1 aliphatic rings. The number of esters is 1. The van der Waals surface area contributed by atoms with Crippen LogP contribution >= 0.6 is 0 Å². The van der Waals surface area contributed by atoms with Gasteiger partial charge in [0.25, 0.3) is 0 Å². The van der Waals surface area contributed by atoms with E-state index in [-0.39, 0.29) is 36.4 Å². The van der Waals surface area contributed by atoms with Crippen LogP contribution in [0.2, 0.25) is 0 Å². The van der Waals surface area contributed by atoms with Crippen molar-refractivity contribution in [3.05, 3.63) is 29.8 Å². The number of rotatable bonds is 6. The summed E-state index contributed by atoms with van der Waals surface area (Å²) in [5.41, 5.74) is 0.995. The zero-order valence-electron chi connectivity index (χ0n) is 15.4. The van der Waals surface area contributed by atoms with Crippen molar-refractivity contribution in [1.29, 1.82) is 0 Å². The minimum Gasteiger partial charge on any atom is -0.464 e. The Labute approximate surface area is 154 Å². The molecule has 0 radical (unpaired) electrons. The summed E-state index contributed by atoms with van der Waals surface area (Å²) >= 11 is 0. The number of hydrogen-bond acceptors (Lipinski definition) is 5. The van der Waals surface area contributed by atoms with Gasteiger partial charge in [-0.15, -0.1) is 0 Å². The molecule has 1 aromatic rings. The molecular formula is C18H26N2O5S. The lowest BCUT2D eigenvalue weighted by molar-refractivity contribution is -0.147. The second-order valence-electron chi connectivity index (χ2n) is 6.47. The third-order valence-electron chi connectivity index (χ3n) is 4.48. The first-order valence-electron chi connectivity index (χ1n) is 8.79. The van der Waals surface area contributed by atoms with Crippen molar-refractivity contribution >= 4 is 21.9 Å². The van der Waals surface area contributed by atoms with Crippen LogP contribution in [0.3, 0.4) is 0 Å². The molecule has 0 bridgehead atoms. The maximum absolute atomic E-state index is 12.7. The average Bonchev–Trinajstić information content (AvgIpc) is 2.62. The van der Waals surface area contributed by atoms with Crippen molar-refractivity contribution in [3.63, 3.8) is 0 Å². The molecule has 0 aliphatic carbocycles. The van der Waals surface area contributed by atoms with E-state index in [2.05, 4.69) is 5.32 Å². The molecule has 1 fully saturated rings. The molecule has 2 rings (SSSR count). The van der Waals surface area contributed by atoms with Crippen LogP contribution in [-0.4, -0.2) is 50.3 Å². The number of nitrogens with one attached hydrogen (secondary N) is 1. The van der Waals surface area contributed by atoms with Crippen LogP contribution in [0, 0.1) is 12.8 Å². The van der Waals surface area contributed by atoms with Gasteiger partial charge in [0.2, 0.25) is 15.9 Å². The SMILES string of the molecule is CCOC(=O)[C@H](C)NC(=O)C1CCN(S(=O)(=O)c2ccc(C)cc2)CC1. The van der Waals surface area contributed by atoms with E-state index in [1.165, 1.54) is 4.31 Å². The van der Waals surface area contributed by atoms with Gasteiger partial charge in [-0.1, -0.05) is 17.7 Å². The quantitative estimate of drug-likeness (QED) is 0.752. The van der Waals surface area contributed by atoms with Crippen LogP contribution in [0.5, 0.6) is 0 Å². The molecule has 0 unspecified atom stereocenters. The maximum Gasteiger partial charge on any atom is 0.328 e. The topological polar surface area (TPSA) is 92.8 Å². The van der Waals surface area contributed by atoms with Crippen LogP contribution in [0.25, 0.3) is 0 Å². The monoisotopic (exact) mass is 382 g/mol. The van der Waals surface area contributed by atoms with Crippen molar-refractivity contribution in [2.24, 2.45) is 5.92 Å². The number of amides is 1. The predicted octanol–water partition coefficient (Wildman–Crippen LogP) is 1.46. The predicted molar refractivity (Wildman–Crippen MR) is 96.9 cm³/mol. The van der Waals surface area contributed by atoms with Crippen molar-refractivity contribution in [2.45, 2.75) is 44.6 Å². The lowest BCUT2D eigenvalue weighted by atomic mass is 9.97. The first kappa shape index (κ1) is 20.4. The van der Waals surface area contributed by atoms with Crippen LogP contribution in [0.4, 0.5) is 0 Å². The number of nitrogens with zero attached hydrogens (tertiary/aromatic N) is 1. The van der Waals surface area contributed by atoms with Gasteiger partial charge in [-0.05, 0) is 45.7 Å². The fraction of sp³-hybridized carbons (Fsp3) is 0.556. The number of piperidine rings is 1. The molecular weight excluding hydrogens is 356 g/mol. The Morgan fingerprint density at radius 3 is 2.35 bits per heavy atom. The van der Waals surface area contributed by atoms with Gasteiger partial charge in [-0.3, -0.25) is 4.79 Å².